The molecule has 0 aliphatic carbocycles. The Labute approximate surface area is 134 Å². The maximum atomic E-state index is 12.5. The molecule has 0 saturated carbocycles. The van der Waals surface area contributed by atoms with Crippen molar-refractivity contribution in [3.63, 3.8) is 0 Å². The zero-order chi connectivity index (χ0) is 15.2. The van der Waals surface area contributed by atoms with Crippen LogP contribution in [0.4, 0.5) is 9.59 Å². The van der Waals surface area contributed by atoms with E-state index in [1.807, 2.05) is 0 Å². The molecule has 0 unspecified atom stereocenters. The van der Waals surface area contributed by atoms with Gasteiger partial charge in [0, 0.05) is 39.8 Å². The second-order valence-electron chi connectivity index (χ2n) is 5.46. The minimum absolute atomic E-state index is 0. The van der Waals surface area contributed by atoms with Gasteiger partial charge in [-0.15, -0.1) is 0 Å². The molecule has 0 aromatic rings. The molecule has 118 valence electrons. The number of carbonyl (C=O) groups excluding carboxylic acids is 2. The molecule has 3 aliphatic rings. The van der Waals surface area contributed by atoms with Gasteiger partial charge in [-0.05, 0) is 0 Å². The SMILES string of the molecule is CN1C(=O)N(C)C23N(C)C(=O)N(C)C12N(C)C(Cl)=[N+]3C.[Cl-]. The Hall–Kier alpha value is -1.41. The first-order valence-corrected chi connectivity index (χ1v) is 6.59. The third-order valence-corrected chi connectivity index (χ3v) is 5.46. The molecule has 3 aliphatic heterocycles. The molecule has 3 rings (SSSR count). The highest BCUT2D eigenvalue weighted by Crippen LogP contribution is 2.53. The van der Waals surface area contributed by atoms with E-state index in [2.05, 4.69) is 0 Å². The average Bonchev–Trinajstić information content (AvgIpc) is 2.81. The molecule has 0 aromatic heterocycles. The largest absolute Gasteiger partial charge is 1.00 e. The minimum Gasteiger partial charge on any atom is -1.00 e. The molecule has 0 aromatic carbocycles. The first kappa shape index (κ1) is 16.0. The number of rotatable bonds is 0. The zero-order valence-corrected chi connectivity index (χ0v) is 14.3. The number of amides is 4. The van der Waals surface area contributed by atoms with Crippen molar-refractivity contribution < 1.29 is 26.6 Å². The lowest BCUT2D eigenvalue weighted by molar-refractivity contribution is -0.629. The Morgan fingerprint density at radius 3 is 1.57 bits per heavy atom. The molecule has 3 heterocycles. The van der Waals surface area contributed by atoms with Gasteiger partial charge < -0.3 is 12.4 Å². The van der Waals surface area contributed by atoms with Crippen molar-refractivity contribution in [3.8, 4) is 0 Å². The van der Waals surface area contributed by atoms with E-state index >= 15 is 0 Å². The minimum atomic E-state index is -0.990. The molecular weight excluding hydrogens is 319 g/mol. The molecule has 10 heteroatoms. The summed E-state index contributed by atoms with van der Waals surface area (Å²) in [6.07, 6.45) is 0. The van der Waals surface area contributed by atoms with Gasteiger partial charge in [0.25, 0.3) is 0 Å². The Morgan fingerprint density at radius 2 is 1.24 bits per heavy atom. The Balaban J connectivity index is 0.00000161. The monoisotopic (exact) mass is 336 g/mol. The normalized spacial score (nSPS) is 34.9. The second kappa shape index (κ2) is 4.07. The highest BCUT2D eigenvalue weighted by Gasteiger charge is 2.88. The van der Waals surface area contributed by atoms with E-state index in [-0.39, 0.29) is 24.5 Å². The van der Waals surface area contributed by atoms with Gasteiger partial charge in [-0.25, -0.2) is 19.1 Å². The van der Waals surface area contributed by atoms with Crippen molar-refractivity contribution in [2.24, 2.45) is 0 Å². The molecule has 0 spiro atoms. The van der Waals surface area contributed by atoms with Crippen molar-refractivity contribution in [3.05, 3.63) is 0 Å². The van der Waals surface area contributed by atoms with Gasteiger partial charge >= 0.3 is 28.9 Å². The summed E-state index contributed by atoms with van der Waals surface area (Å²) in [5, 5.41) is 0.474. The quantitative estimate of drug-likeness (QED) is 0.340. The Bertz CT molecular complexity index is 551. The summed E-state index contributed by atoms with van der Waals surface area (Å²) in [7, 11) is 10.3. The maximum absolute atomic E-state index is 12.5. The predicted octanol–water partition coefficient (Wildman–Crippen LogP) is -3.53. The summed E-state index contributed by atoms with van der Waals surface area (Å²) in [4.78, 5) is 33.0. The number of urea groups is 2. The molecule has 8 nitrogen and oxygen atoms in total. The lowest BCUT2D eigenvalue weighted by Gasteiger charge is -2.39. The number of carbonyl (C=O) groups is 2. The van der Waals surface area contributed by atoms with E-state index < -0.39 is 11.6 Å². The molecule has 21 heavy (non-hydrogen) atoms. The smallest absolute Gasteiger partial charge is 0.355 e. The summed E-state index contributed by atoms with van der Waals surface area (Å²) >= 11 is 6.40. The van der Waals surface area contributed by atoms with E-state index in [9.17, 15) is 9.59 Å². The van der Waals surface area contributed by atoms with Crippen molar-refractivity contribution >= 4 is 29.0 Å². The Kier molecular flexibility index (Phi) is 3.10. The van der Waals surface area contributed by atoms with Crippen LogP contribution in [0.25, 0.3) is 0 Å². The van der Waals surface area contributed by atoms with Crippen LogP contribution in [0.15, 0.2) is 0 Å². The lowest BCUT2D eigenvalue weighted by atomic mass is 10.1. The van der Waals surface area contributed by atoms with Crippen LogP contribution in [-0.2, 0) is 0 Å². The van der Waals surface area contributed by atoms with Gasteiger partial charge in [0.05, 0.1) is 14.1 Å². The van der Waals surface area contributed by atoms with Crippen LogP contribution in [0.3, 0.4) is 0 Å². The van der Waals surface area contributed by atoms with E-state index in [1.54, 1.807) is 71.4 Å². The highest BCUT2D eigenvalue weighted by atomic mass is 35.5. The molecular formula is C11H18Cl2N6O2. The van der Waals surface area contributed by atoms with Crippen LogP contribution >= 0.6 is 11.6 Å². The van der Waals surface area contributed by atoms with Crippen LogP contribution in [0.2, 0.25) is 0 Å². The van der Waals surface area contributed by atoms with Crippen LogP contribution in [-0.4, -0.2) is 100 Å². The third kappa shape index (κ3) is 1.12. The lowest BCUT2D eigenvalue weighted by Crippen LogP contribution is -3.00. The molecule has 0 radical (unpaired) electrons. The molecule has 4 amide bonds. The van der Waals surface area contributed by atoms with Crippen molar-refractivity contribution in [1.29, 1.82) is 0 Å². The van der Waals surface area contributed by atoms with E-state index in [4.69, 9.17) is 11.6 Å². The van der Waals surface area contributed by atoms with Crippen molar-refractivity contribution in [2.75, 3.05) is 42.3 Å². The van der Waals surface area contributed by atoms with Gasteiger partial charge in [0.1, 0.15) is 0 Å². The summed E-state index contributed by atoms with van der Waals surface area (Å²) in [6.45, 7) is 0. The van der Waals surface area contributed by atoms with Crippen molar-refractivity contribution in [1.82, 2.24) is 24.5 Å². The molecule has 2 fully saturated rings. The van der Waals surface area contributed by atoms with Crippen LogP contribution in [0.5, 0.6) is 0 Å². The number of amidine groups is 1. The maximum Gasteiger partial charge on any atom is 0.355 e. The van der Waals surface area contributed by atoms with Crippen LogP contribution in [0.1, 0.15) is 0 Å². The van der Waals surface area contributed by atoms with Gasteiger partial charge in [0.15, 0.2) is 0 Å². The predicted molar refractivity (Wildman–Crippen MR) is 72.1 cm³/mol. The number of halogens is 2. The molecule has 0 bridgehead atoms. The fourth-order valence-corrected chi connectivity index (χ4v) is 4.40. The van der Waals surface area contributed by atoms with Gasteiger partial charge in [-0.2, -0.15) is 0 Å². The van der Waals surface area contributed by atoms with E-state index in [0.717, 1.165) is 0 Å². The first-order chi connectivity index (χ1) is 9.18. The average molecular weight is 337 g/mol. The van der Waals surface area contributed by atoms with Gasteiger partial charge in [0.2, 0.25) is 0 Å². The van der Waals surface area contributed by atoms with Gasteiger partial charge in [-0.3, -0.25) is 19.6 Å². The molecule has 0 atom stereocenters. The van der Waals surface area contributed by atoms with Crippen LogP contribution in [0, 0.1) is 0 Å². The number of hydrogen-bond donors (Lipinski definition) is 0. The fourth-order valence-electron chi connectivity index (χ4n) is 4.17. The van der Waals surface area contributed by atoms with E-state index in [1.165, 1.54) is 0 Å². The van der Waals surface area contributed by atoms with Crippen LogP contribution < -0.4 is 12.4 Å². The summed E-state index contributed by atoms with van der Waals surface area (Å²) in [6, 6.07) is -0.335. The zero-order valence-electron chi connectivity index (χ0n) is 12.8. The standard InChI is InChI=1S/C11H18ClN6O2.ClH/c1-13-7(12)14(2)11-10(13,15(3)8(19)17(11)5)16(4)9(20)18(11)6;/h1-6H3;1H/q+1;/p-1. The van der Waals surface area contributed by atoms with Gasteiger partial charge in [-0.1, -0.05) is 0 Å². The Morgan fingerprint density at radius 1 is 0.857 bits per heavy atom. The highest BCUT2D eigenvalue weighted by molar-refractivity contribution is 6.63. The second-order valence-corrected chi connectivity index (χ2v) is 5.80. The topological polar surface area (TPSA) is 53.4 Å². The summed E-state index contributed by atoms with van der Waals surface area (Å²) in [5.74, 6) is -1.98. The fraction of sp³-hybridized carbons (Fsp3) is 0.727. The summed E-state index contributed by atoms with van der Waals surface area (Å²) in [5.41, 5.74) is 0. The van der Waals surface area contributed by atoms with Crippen molar-refractivity contribution in [2.45, 2.75) is 11.6 Å². The van der Waals surface area contributed by atoms with E-state index in [0.29, 0.717) is 5.29 Å². The molecule has 0 N–H and O–H groups in total. The first-order valence-electron chi connectivity index (χ1n) is 6.21. The summed E-state index contributed by atoms with van der Waals surface area (Å²) < 4.78 is 1.76. The third-order valence-electron chi connectivity index (χ3n) is 4.96. The number of hydrogen-bond acceptors (Lipinski definition) is 3. The number of nitrogens with zero attached hydrogens (tertiary/aromatic N) is 6. The number of likely N-dealkylation sites (N-methyl/N-ethyl adjacent to an activating group) is 6. The molecule has 2 saturated heterocycles.